The fourth-order valence-electron chi connectivity index (χ4n) is 2.65. The minimum absolute atomic E-state index is 0.0264. The molecule has 0 radical (unpaired) electrons. The molecule has 1 saturated heterocycles. The maximum Gasteiger partial charge on any atom is 0.133 e. The van der Waals surface area contributed by atoms with Crippen LogP contribution < -0.4 is 5.73 Å². The predicted octanol–water partition coefficient (Wildman–Crippen LogP) is 2.38. The van der Waals surface area contributed by atoms with Gasteiger partial charge in [-0.3, -0.25) is 4.90 Å². The first-order valence-electron chi connectivity index (χ1n) is 6.88. The van der Waals surface area contributed by atoms with Gasteiger partial charge in [-0.25, -0.2) is 8.78 Å². The lowest BCUT2D eigenvalue weighted by Gasteiger charge is -2.44. The van der Waals surface area contributed by atoms with Crippen LogP contribution in [0.3, 0.4) is 0 Å². The maximum atomic E-state index is 14.2. The van der Waals surface area contributed by atoms with Crippen LogP contribution in [0.5, 0.6) is 0 Å². The Kier molecular flexibility index (Phi) is 4.42. The molecule has 1 aliphatic rings. The molecule has 1 heterocycles. The van der Waals surface area contributed by atoms with Crippen molar-refractivity contribution < 1.29 is 13.5 Å². The van der Waals surface area contributed by atoms with Crippen molar-refractivity contribution in [1.29, 1.82) is 0 Å². The van der Waals surface area contributed by atoms with Crippen LogP contribution in [0.4, 0.5) is 8.78 Å². The predicted molar refractivity (Wildman–Crippen MR) is 74.5 cm³/mol. The zero-order valence-corrected chi connectivity index (χ0v) is 12.2. The normalized spacial score (nSPS) is 19.1. The number of rotatable bonds is 3. The lowest BCUT2D eigenvalue weighted by Crippen LogP contribution is -2.55. The highest BCUT2D eigenvalue weighted by molar-refractivity contribution is 5.31. The van der Waals surface area contributed by atoms with Crippen molar-refractivity contribution in [3.05, 3.63) is 34.9 Å². The molecule has 112 valence electrons. The molecule has 3 nitrogen and oxygen atoms in total. The number of aryl methyl sites for hydroxylation is 1. The molecule has 0 aliphatic carbocycles. The molecular formula is C15H22F2N2O. The van der Waals surface area contributed by atoms with Gasteiger partial charge in [0.1, 0.15) is 11.6 Å². The molecule has 0 saturated carbocycles. The van der Waals surface area contributed by atoms with E-state index < -0.39 is 23.2 Å². The summed E-state index contributed by atoms with van der Waals surface area (Å²) in [6, 6.07) is 1.98. The van der Waals surface area contributed by atoms with Gasteiger partial charge in [-0.05, 0) is 32.4 Å². The number of morpholine rings is 1. The first-order valence-corrected chi connectivity index (χ1v) is 6.88. The zero-order valence-electron chi connectivity index (χ0n) is 12.2. The summed E-state index contributed by atoms with van der Waals surface area (Å²) in [5.41, 5.74) is 6.05. The van der Waals surface area contributed by atoms with Crippen molar-refractivity contribution in [2.24, 2.45) is 5.73 Å². The number of benzene rings is 1. The van der Waals surface area contributed by atoms with E-state index in [1.54, 1.807) is 6.92 Å². The van der Waals surface area contributed by atoms with E-state index in [1.165, 1.54) is 12.1 Å². The van der Waals surface area contributed by atoms with Crippen LogP contribution in [0.2, 0.25) is 0 Å². The third-order valence-electron chi connectivity index (χ3n) is 4.22. The van der Waals surface area contributed by atoms with Crippen LogP contribution in [0.15, 0.2) is 12.1 Å². The van der Waals surface area contributed by atoms with Gasteiger partial charge >= 0.3 is 0 Å². The van der Waals surface area contributed by atoms with Gasteiger partial charge in [-0.1, -0.05) is 6.07 Å². The molecule has 1 aromatic rings. The summed E-state index contributed by atoms with van der Waals surface area (Å²) in [6.45, 7) is 8.14. The Morgan fingerprint density at radius 1 is 1.25 bits per heavy atom. The SMILES string of the molecule is Cc1ccc(F)c(C(N)C(C)(C)N2CCOCC2)c1F. The summed E-state index contributed by atoms with van der Waals surface area (Å²) in [4.78, 5) is 2.13. The second-order valence-electron chi connectivity index (χ2n) is 5.82. The van der Waals surface area contributed by atoms with Crippen LogP contribution in [0, 0.1) is 18.6 Å². The van der Waals surface area contributed by atoms with Gasteiger partial charge in [0, 0.05) is 24.2 Å². The molecule has 2 N–H and O–H groups in total. The largest absolute Gasteiger partial charge is 0.379 e. The molecule has 0 spiro atoms. The van der Waals surface area contributed by atoms with Crippen LogP contribution in [-0.2, 0) is 4.74 Å². The second kappa shape index (κ2) is 5.76. The minimum atomic E-state index is -0.736. The lowest BCUT2D eigenvalue weighted by molar-refractivity contribution is -0.0197. The van der Waals surface area contributed by atoms with Gasteiger partial charge in [0.2, 0.25) is 0 Å². The van der Waals surface area contributed by atoms with Crippen LogP contribution in [0.1, 0.15) is 31.0 Å². The fourth-order valence-corrected chi connectivity index (χ4v) is 2.65. The van der Waals surface area contributed by atoms with E-state index in [4.69, 9.17) is 10.5 Å². The molecule has 1 aliphatic heterocycles. The third-order valence-corrected chi connectivity index (χ3v) is 4.22. The Morgan fingerprint density at radius 2 is 1.85 bits per heavy atom. The molecule has 20 heavy (non-hydrogen) atoms. The number of nitrogens with zero attached hydrogens (tertiary/aromatic N) is 1. The monoisotopic (exact) mass is 284 g/mol. The molecule has 0 aromatic heterocycles. The summed E-state index contributed by atoms with van der Waals surface area (Å²) in [7, 11) is 0. The number of hydrogen-bond donors (Lipinski definition) is 1. The van der Waals surface area contributed by atoms with Crippen molar-refractivity contribution >= 4 is 0 Å². The average molecular weight is 284 g/mol. The standard InChI is InChI=1S/C15H22F2N2O/c1-10-4-5-11(16)12(13(10)17)14(18)15(2,3)19-6-8-20-9-7-19/h4-5,14H,6-9,18H2,1-3H3. The minimum Gasteiger partial charge on any atom is -0.379 e. The zero-order chi connectivity index (χ0) is 14.9. The topological polar surface area (TPSA) is 38.5 Å². The van der Waals surface area contributed by atoms with Crippen molar-refractivity contribution in [1.82, 2.24) is 4.90 Å². The van der Waals surface area contributed by atoms with Gasteiger partial charge in [0.05, 0.1) is 19.3 Å². The molecule has 0 bridgehead atoms. The molecule has 5 heteroatoms. The number of hydrogen-bond acceptors (Lipinski definition) is 3. The third kappa shape index (κ3) is 2.71. The molecule has 0 amide bonds. The Balaban J connectivity index is 2.34. The Hall–Kier alpha value is -1.04. The van der Waals surface area contributed by atoms with E-state index >= 15 is 0 Å². The molecule has 2 rings (SSSR count). The highest BCUT2D eigenvalue weighted by Crippen LogP contribution is 2.33. The number of nitrogens with two attached hydrogens (primary N) is 1. The number of halogens is 2. The molecular weight excluding hydrogens is 262 g/mol. The van der Waals surface area contributed by atoms with E-state index in [0.717, 1.165) is 13.1 Å². The molecule has 1 unspecified atom stereocenters. The fraction of sp³-hybridized carbons (Fsp3) is 0.600. The van der Waals surface area contributed by atoms with Gasteiger partial charge in [0.25, 0.3) is 0 Å². The van der Waals surface area contributed by atoms with Gasteiger partial charge in [0.15, 0.2) is 0 Å². The first kappa shape index (κ1) is 15.4. The quantitative estimate of drug-likeness (QED) is 0.926. The van der Waals surface area contributed by atoms with Crippen LogP contribution >= 0.6 is 0 Å². The van der Waals surface area contributed by atoms with Gasteiger partial charge in [-0.2, -0.15) is 0 Å². The van der Waals surface area contributed by atoms with E-state index in [2.05, 4.69) is 4.90 Å². The van der Waals surface area contributed by atoms with Crippen molar-refractivity contribution in [2.45, 2.75) is 32.4 Å². The van der Waals surface area contributed by atoms with E-state index in [-0.39, 0.29) is 5.56 Å². The summed E-state index contributed by atoms with van der Waals surface area (Å²) >= 11 is 0. The summed E-state index contributed by atoms with van der Waals surface area (Å²) in [6.07, 6.45) is 0. The lowest BCUT2D eigenvalue weighted by atomic mass is 9.86. The summed E-state index contributed by atoms with van der Waals surface area (Å²) in [5, 5.41) is 0. The Labute approximate surface area is 118 Å². The highest BCUT2D eigenvalue weighted by atomic mass is 19.1. The van der Waals surface area contributed by atoms with Gasteiger partial charge < -0.3 is 10.5 Å². The van der Waals surface area contributed by atoms with E-state index in [0.29, 0.717) is 18.8 Å². The average Bonchev–Trinajstić information content (AvgIpc) is 2.44. The molecule has 1 fully saturated rings. The Morgan fingerprint density at radius 3 is 2.45 bits per heavy atom. The van der Waals surface area contributed by atoms with Crippen LogP contribution in [0.25, 0.3) is 0 Å². The van der Waals surface area contributed by atoms with Crippen molar-refractivity contribution in [2.75, 3.05) is 26.3 Å². The summed E-state index contributed by atoms with van der Waals surface area (Å²) < 4.78 is 33.6. The molecule has 1 aromatic carbocycles. The summed E-state index contributed by atoms with van der Waals surface area (Å²) in [5.74, 6) is -1.12. The first-order chi connectivity index (χ1) is 9.35. The van der Waals surface area contributed by atoms with Gasteiger partial charge in [-0.15, -0.1) is 0 Å². The maximum absolute atomic E-state index is 14.2. The van der Waals surface area contributed by atoms with Crippen molar-refractivity contribution in [3.63, 3.8) is 0 Å². The molecule has 1 atom stereocenters. The number of ether oxygens (including phenoxy) is 1. The smallest absolute Gasteiger partial charge is 0.133 e. The van der Waals surface area contributed by atoms with Crippen LogP contribution in [-0.4, -0.2) is 36.7 Å². The Bertz CT molecular complexity index is 485. The second-order valence-corrected chi connectivity index (χ2v) is 5.82. The highest BCUT2D eigenvalue weighted by Gasteiger charge is 2.37. The van der Waals surface area contributed by atoms with E-state index in [9.17, 15) is 8.78 Å². The van der Waals surface area contributed by atoms with E-state index in [1.807, 2.05) is 13.8 Å². The van der Waals surface area contributed by atoms with Crippen molar-refractivity contribution in [3.8, 4) is 0 Å².